The molecule has 7 heteroatoms. The van der Waals surface area contributed by atoms with E-state index in [9.17, 15) is 4.79 Å². The van der Waals surface area contributed by atoms with Gasteiger partial charge in [0.1, 0.15) is 0 Å². The Morgan fingerprint density at radius 3 is 2.84 bits per heavy atom. The van der Waals surface area contributed by atoms with Crippen molar-refractivity contribution in [3.63, 3.8) is 0 Å². The minimum Gasteiger partial charge on any atom is -0.363 e. The molecule has 0 aromatic carbocycles. The van der Waals surface area contributed by atoms with Gasteiger partial charge < -0.3 is 15.6 Å². The summed E-state index contributed by atoms with van der Waals surface area (Å²) in [6.07, 6.45) is 4.42. The number of nitrogens with one attached hydrogen (secondary N) is 1. The van der Waals surface area contributed by atoms with Crippen molar-refractivity contribution in [3.8, 4) is 0 Å². The molecule has 0 spiro atoms. The molecule has 0 aliphatic carbocycles. The molecule has 2 fully saturated rings. The summed E-state index contributed by atoms with van der Waals surface area (Å²) in [6, 6.07) is 0.710. The zero-order chi connectivity index (χ0) is 13.2. The van der Waals surface area contributed by atoms with Gasteiger partial charge in [-0.15, -0.1) is 0 Å². The summed E-state index contributed by atoms with van der Waals surface area (Å²) in [6.45, 7) is 3.18. The average molecular weight is 265 g/mol. The molecule has 3 rings (SSSR count). The van der Waals surface area contributed by atoms with E-state index in [0.717, 1.165) is 45.3 Å². The molecule has 0 bridgehead atoms. The first-order chi connectivity index (χ1) is 9.25. The first kappa shape index (κ1) is 12.6. The highest BCUT2D eigenvalue weighted by molar-refractivity contribution is 5.88. The first-order valence-electron chi connectivity index (χ1n) is 6.85. The normalized spacial score (nSPS) is 25.8. The number of primary amides is 1. The van der Waals surface area contributed by atoms with E-state index >= 15 is 0 Å². The first-order valence-corrected chi connectivity index (χ1v) is 6.85. The number of likely N-dealkylation sites (tertiary alicyclic amines) is 1. The van der Waals surface area contributed by atoms with Gasteiger partial charge >= 0.3 is 0 Å². The molecule has 0 radical (unpaired) electrons. The van der Waals surface area contributed by atoms with Crippen LogP contribution in [0.3, 0.4) is 0 Å². The number of piperidine rings is 1. The number of rotatable bonds is 3. The zero-order valence-electron chi connectivity index (χ0n) is 10.8. The molecule has 1 unspecified atom stereocenters. The van der Waals surface area contributed by atoms with Gasteiger partial charge in [-0.05, 0) is 45.3 Å². The Morgan fingerprint density at radius 2 is 2.16 bits per heavy atom. The number of nitrogens with two attached hydrogens (primary N) is 1. The van der Waals surface area contributed by atoms with E-state index in [1.165, 1.54) is 0 Å². The van der Waals surface area contributed by atoms with Gasteiger partial charge in [0, 0.05) is 6.04 Å². The van der Waals surface area contributed by atoms with Crippen LogP contribution >= 0.6 is 0 Å². The SMILES string of the molecule is NC(=O)c1noc(C2CCCN2C2CCNCC2)n1. The summed E-state index contributed by atoms with van der Waals surface area (Å²) in [4.78, 5) is 17.6. The Bertz CT molecular complexity index is 455. The van der Waals surface area contributed by atoms with Crippen LogP contribution in [0.25, 0.3) is 0 Å². The summed E-state index contributed by atoms with van der Waals surface area (Å²) >= 11 is 0. The van der Waals surface area contributed by atoms with Crippen molar-refractivity contribution in [1.29, 1.82) is 0 Å². The van der Waals surface area contributed by atoms with E-state index < -0.39 is 5.91 Å². The molecular weight excluding hydrogens is 246 g/mol. The number of amides is 1. The maximum absolute atomic E-state index is 11.0. The van der Waals surface area contributed by atoms with Gasteiger partial charge in [0.2, 0.25) is 5.89 Å². The highest BCUT2D eigenvalue weighted by Gasteiger charge is 2.35. The average Bonchev–Trinajstić information content (AvgIpc) is 3.08. The van der Waals surface area contributed by atoms with E-state index in [1.54, 1.807) is 0 Å². The summed E-state index contributed by atoms with van der Waals surface area (Å²) in [5, 5.41) is 7.01. The second kappa shape index (κ2) is 5.26. The summed E-state index contributed by atoms with van der Waals surface area (Å²) in [7, 11) is 0. The van der Waals surface area contributed by atoms with Crippen molar-refractivity contribution in [3.05, 3.63) is 11.7 Å². The summed E-state index contributed by atoms with van der Waals surface area (Å²) in [5.41, 5.74) is 5.16. The largest absolute Gasteiger partial charge is 0.363 e. The minimum absolute atomic E-state index is 0.0211. The van der Waals surface area contributed by atoms with Crippen LogP contribution in [0.1, 0.15) is 48.2 Å². The molecule has 1 aromatic rings. The van der Waals surface area contributed by atoms with E-state index in [0.29, 0.717) is 11.9 Å². The van der Waals surface area contributed by atoms with Crippen molar-refractivity contribution >= 4 is 5.91 Å². The topological polar surface area (TPSA) is 97.3 Å². The minimum atomic E-state index is -0.638. The summed E-state index contributed by atoms with van der Waals surface area (Å²) < 4.78 is 5.21. The number of carbonyl (C=O) groups is 1. The van der Waals surface area contributed by atoms with Crippen molar-refractivity contribution in [2.45, 2.75) is 37.8 Å². The lowest BCUT2D eigenvalue weighted by Crippen LogP contribution is -2.42. The Labute approximate surface area is 111 Å². The van der Waals surface area contributed by atoms with Gasteiger partial charge in [0.15, 0.2) is 0 Å². The maximum atomic E-state index is 11.0. The van der Waals surface area contributed by atoms with Gasteiger partial charge in [0.25, 0.3) is 11.7 Å². The molecule has 19 heavy (non-hydrogen) atoms. The predicted octanol–water partition coefficient (Wildman–Crippen LogP) is 0.0574. The molecule has 1 aromatic heterocycles. The molecule has 104 valence electrons. The third-order valence-electron chi connectivity index (χ3n) is 4.02. The van der Waals surface area contributed by atoms with Gasteiger partial charge in [-0.3, -0.25) is 9.69 Å². The highest BCUT2D eigenvalue weighted by Crippen LogP contribution is 2.34. The monoisotopic (exact) mass is 265 g/mol. The molecule has 2 aliphatic heterocycles. The highest BCUT2D eigenvalue weighted by atomic mass is 16.5. The molecule has 3 N–H and O–H groups in total. The Hall–Kier alpha value is -1.47. The molecule has 0 saturated carbocycles. The molecular formula is C12H19N5O2. The lowest BCUT2D eigenvalue weighted by atomic mass is 10.0. The van der Waals surface area contributed by atoms with Crippen LogP contribution in [-0.2, 0) is 0 Å². The van der Waals surface area contributed by atoms with Crippen LogP contribution in [0, 0.1) is 0 Å². The fourth-order valence-corrected chi connectivity index (χ4v) is 3.10. The van der Waals surface area contributed by atoms with Crippen molar-refractivity contribution < 1.29 is 9.32 Å². The third kappa shape index (κ3) is 2.48. The lowest BCUT2D eigenvalue weighted by molar-refractivity contribution is 0.0987. The van der Waals surface area contributed by atoms with E-state index in [1.807, 2.05) is 0 Å². The van der Waals surface area contributed by atoms with Crippen LogP contribution in [-0.4, -0.2) is 46.6 Å². The molecule has 2 aliphatic rings. The molecule has 2 saturated heterocycles. The fraction of sp³-hybridized carbons (Fsp3) is 0.750. The van der Waals surface area contributed by atoms with E-state index in [4.69, 9.17) is 10.3 Å². The molecule has 1 amide bonds. The van der Waals surface area contributed by atoms with E-state index in [-0.39, 0.29) is 11.9 Å². The number of nitrogens with zero attached hydrogens (tertiary/aromatic N) is 3. The fourth-order valence-electron chi connectivity index (χ4n) is 3.10. The van der Waals surface area contributed by atoms with Crippen molar-refractivity contribution in [2.24, 2.45) is 5.73 Å². The van der Waals surface area contributed by atoms with Crippen molar-refractivity contribution in [2.75, 3.05) is 19.6 Å². The number of hydrogen-bond donors (Lipinski definition) is 2. The lowest BCUT2D eigenvalue weighted by Gasteiger charge is -2.34. The number of aromatic nitrogens is 2. The maximum Gasteiger partial charge on any atom is 0.290 e. The number of carbonyl (C=O) groups excluding carboxylic acids is 1. The Kier molecular flexibility index (Phi) is 3.48. The van der Waals surface area contributed by atoms with Gasteiger partial charge in [-0.2, -0.15) is 4.98 Å². The Balaban J connectivity index is 1.76. The van der Waals surface area contributed by atoms with Crippen LogP contribution in [0.5, 0.6) is 0 Å². The summed E-state index contributed by atoms with van der Waals surface area (Å²) in [5.74, 6) is -0.126. The van der Waals surface area contributed by atoms with Crippen LogP contribution in [0.2, 0.25) is 0 Å². The van der Waals surface area contributed by atoms with E-state index in [2.05, 4.69) is 20.4 Å². The second-order valence-electron chi connectivity index (χ2n) is 5.20. The van der Waals surface area contributed by atoms with Gasteiger partial charge in [-0.25, -0.2) is 0 Å². The van der Waals surface area contributed by atoms with Gasteiger partial charge in [-0.1, -0.05) is 5.16 Å². The second-order valence-corrected chi connectivity index (χ2v) is 5.20. The molecule has 7 nitrogen and oxygen atoms in total. The number of hydrogen-bond acceptors (Lipinski definition) is 6. The van der Waals surface area contributed by atoms with Crippen molar-refractivity contribution in [1.82, 2.24) is 20.4 Å². The molecule has 1 atom stereocenters. The van der Waals surface area contributed by atoms with Crippen LogP contribution < -0.4 is 11.1 Å². The standard InChI is InChI=1S/C12H19N5O2/c13-10(18)11-15-12(19-16-11)9-2-1-7-17(9)8-3-5-14-6-4-8/h8-9,14H,1-7H2,(H2,13,18). The zero-order valence-corrected chi connectivity index (χ0v) is 10.8. The van der Waals surface area contributed by atoms with Gasteiger partial charge in [0.05, 0.1) is 6.04 Å². The molecule has 3 heterocycles. The smallest absolute Gasteiger partial charge is 0.290 e. The quantitative estimate of drug-likeness (QED) is 0.802. The third-order valence-corrected chi connectivity index (χ3v) is 4.02. The van der Waals surface area contributed by atoms with Crippen LogP contribution in [0.4, 0.5) is 0 Å². The predicted molar refractivity (Wildman–Crippen MR) is 67.4 cm³/mol. The van der Waals surface area contributed by atoms with Crippen LogP contribution in [0.15, 0.2) is 4.52 Å². The Morgan fingerprint density at radius 1 is 1.37 bits per heavy atom.